The summed E-state index contributed by atoms with van der Waals surface area (Å²) in [4.78, 5) is 35.5. The van der Waals surface area contributed by atoms with Crippen molar-refractivity contribution in [3.63, 3.8) is 0 Å². The molecule has 1 rings (SSSR count). The molecule has 0 spiro atoms. The zero-order valence-electron chi connectivity index (χ0n) is 10.8. The van der Waals surface area contributed by atoms with Crippen molar-refractivity contribution in [2.75, 3.05) is 20.1 Å². The van der Waals surface area contributed by atoms with Gasteiger partial charge in [0.25, 0.3) is 0 Å². The summed E-state index contributed by atoms with van der Waals surface area (Å²) in [6.07, 6.45) is 1.50. The second-order valence-corrected chi connectivity index (χ2v) is 4.67. The van der Waals surface area contributed by atoms with Gasteiger partial charge in [-0.2, -0.15) is 0 Å². The molecule has 0 saturated heterocycles. The Morgan fingerprint density at radius 1 is 1.28 bits per heavy atom. The second kappa shape index (κ2) is 6.37. The van der Waals surface area contributed by atoms with Crippen LogP contribution in [0.1, 0.15) is 26.2 Å². The van der Waals surface area contributed by atoms with Crippen molar-refractivity contribution in [2.24, 2.45) is 11.8 Å². The summed E-state index contributed by atoms with van der Waals surface area (Å²) in [5.41, 5.74) is 0. The third-order valence-electron chi connectivity index (χ3n) is 3.47. The third kappa shape index (κ3) is 3.72. The van der Waals surface area contributed by atoms with Gasteiger partial charge in [0, 0.05) is 19.5 Å². The molecule has 6 heteroatoms. The van der Waals surface area contributed by atoms with Crippen molar-refractivity contribution in [1.29, 1.82) is 0 Å². The van der Waals surface area contributed by atoms with Crippen molar-refractivity contribution >= 4 is 17.8 Å². The number of amides is 2. The molecule has 0 aliphatic heterocycles. The molecule has 0 aromatic carbocycles. The van der Waals surface area contributed by atoms with Crippen LogP contribution in [0.4, 0.5) is 0 Å². The Hall–Kier alpha value is -1.59. The monoisotopic (exact) mass is 256 g/mol. The Bertz CT molecular complexity index is 343. The van der Waals surface area contributed by atoms with Crippen LogP contribution in [0.2, 0.25) is 0 Å². The van der Waals surface area contributed by atoms with Gasteiger partial charge in [0.1, 0.15) is 0 Å². The standard InChI is InChI=1S/C12H20N2O4/c1-3-14(2)10(15)7-13-11(16)8-4-5-9(6-8)12(17)18/h8-9H,3-7H2,1-2H3,(H,13,16)(H,17,18). The van der Waals surface area contributed by atoms with Crippen LogP contribution in [-0.4, -0.2) is 47.9 Å². The zero-order chi connectivity index (χ0) is 13.7. The van der Waals surface area contributed by atoms with Crippen LogP contribution in [0.3, 0.4) is 0 Å². The Morgan fingerprint density at radius 2 is 1.89 bits per heavy atom. The number of hydrogen-bond donors (Lipinski definition) is 2. The van der Waals surface area contributed by atoms with E-state index in [9.17, 15) is 14.4 Å². The molecule has 1 saturated carbocycles. The second-order valence-electron chi connectivity index (χ2n) is 4.67. The number of carboxylic acid groups (broad SMARTS) is 1. The van der Waals surface area contributed by atoms with E-state index in [1.165, 1.54) is 4.90 Å². The molecule has 1 fully saturated rings. The average Bonchev–Trinajstić information content (AvgIpc) is 2.84. The largest absolute Gasteiger partial charge is 0.481 e. The van der Waals surface area contributed by atoms with E-state index < -0.39 is 11.9 Å². The first-order valence-electron chi connectivity index (χ1n) is 6.20. The number of nitrogens with one attached hydrogen (secondary N) is 1. The highest BCUT2D eigenvalue weighted by Crippen LogP contribution is 2.30. The highest BCUT2D eigenvalue weighted by Gasteiger charge is 2.33. The van der Waals surface area contributed by atoms with Crippen LogP contribution in [0, 0.1) is 11.8 Å². The predicted octanol–water partition coefficient (Wildman–Crippen LogP) is 0.0818. The van der Waals surface area contributed by atoms with Gasteiger partial charge in [-0.1, -0.05) is 0 Å². The minimum Gasteiger partial charge on any atom is -0.481 e. The molecular formula is C12H20N2O4. The van der Waals surface area contributed by atoms with E-state index in [0.717, 1.165) is 0 Å². The minimum atomic E-state index is -0.841. The number of rotatable bonds is 5. The Kier molecular flexibility index (Phi) is 5.12. The molecule has 2 N–H and O–H groups in total. The van der Waals surface area contributed by atoms with Crippen LogP contribution >= 0.6 is 0 Å². The molecule has 102 valence electrons. The van der Waals surface area contributed by atoms with Crippen molar-refractivity contribution in [3.8, 4) is 0 Å². The van der Waals surface area contributed by atoms with E-state index in [0.29, 0.717) is 25.8 Å². The first-order chi connectivity index (χ1) is 8.45. The van der Waals surface area contributed by atoms with Gasteiger partial charge in [0.15, 0.2) is 0 Å². The van der Waals surface area contributed by atoms with Gasteiger partial charge in [0.05, 0.1) is 12.5 Å². The maximum absolute atomic E-state index is 11.8. The maximum atomic E-state index is 11.8. The highest BCUT2D eigenvalue weighted by atomic mass is 16.4. The normalized spacial score (nSPS) is 22.6. The van der Waals surface area contributed by atoms with Crippen LogP contribution in [-0.2, 0) is 14.4 Å². The van der Waals surface area contributed by atoms with Crippen molar-refractivity contribution in [3.05, 3.63) is 0 Å². The van der Waals surface area contributed by atoms with Gasteiger partial charge in [-0.3, -0.25) is 14.4 Å². The molecule has 0 aromatic rings. The van der Waals surface area contributed by atoms with Gasteiger partial charge in [-0.25, -0.2) is 0 Å². The minimum absolute atomic E-state index is 0.0165. The molecule has 1 aliphatic rings. The predicted molar refractivity (Wildman–Crippen MR) is 64.8 cm³/mol. The average molecular weight is 256 g/mol. The number of carbonyl (C=O) groups is 3. The summed E-state index contributed by atoms with van der Waals surface area (Å²) < 4.78 is 0. The fourth-order valence-electron chi connectivity index (χ4n) is 2.06. The Morgan fingerprint density at radius 3 is 2.39 bits per heavy atom. The number of likely N-dealkylation sites (N-methyl/N-ethyl adjacent to an activating group) is 1. The lowest BCUT2D eigenvalue weighted by atomic mass is 10.0. The molecule has 0 bridgehead atoms. The third-order valence-corrected chi connectivity index (χ3v) is 3.47. The SMILES string of the molecule is CCN(C)C(=O)CNC(=O)C1CCC(C(=O)O)C1. The van der Waals surface area contributed by atoms with Crippen LogP contribution in [0.25, 0.3) is 0 Å². The van der Waals surface area contributed by atoms with Crippen molar-refractivity contribution in [1.82, 2.24) is 10.2 Å². The molecule has 18 heavy (non-hydrogen) atoms. The van der Waals surface area contributed by atoms with Gasteiger partial charge in [-0.15, -0.1) is 0 Å². The lowest BCUT2D eigenvalue weighted by Gasteiger charge is -2.16. The number of carboxylic acids is 1. The number of aliphatic carboxylic acids is 1. The quantitative estimate of drug-likeness (QED) is 0.729. The molecular weight excluding hydrogens is 236 g/mol. The lowest BCUT2D eigenvalue weighted by molar-refractivity contribution is -0.141. The summed E-state index contributed by atoms with van der Waals surface area (Å²) in [5.74, 6) is -1.89. The van der Waals surface area contributed by atoms with E-state index in [-0.39, 0.29) is 24.3 Å². The summed E-state index contributed by atoms with van der Waals surface area (Å²) in [6.45, 7) is 2.44. The van der Waals surface area contributed by atoms with Gasteiger partial charge >= 0.3 is 5.97 Å². The molecule has 1 aliphatic carbocycles. The zero-order valence-corrected chi connectivity index (χ0v) is 10.8. The molecule has 6 nitrogen and oxygen atoms in total. The topological polar surface area (TPSA) is 86.7 Å². The van der Waals surface area contributed by atoms with Gasteiger partial charge in [-0.05, 0) is 26.2 Å². The molecule has 2 unspecified atom stereocenters. The summed E-state index contributed by atoms with van der Waals surface area (Å²) >= 11 is 0. The molecule has 0 radical (unpaired) electrons. The Balaban J connectivity index is 2.34. The molecule has 2 amide bonds. The summed E-state index contributed by atoms with van der Waals surface area (Å²) in [7, 11) is 1.67. The first kappa shape index (κ1) is 14.5. The van der Waals surface area contributed by atoms with E-state index in [2.05, 4.69) is 5.32 Å². The molecule has 0 heterocycles. The lowest BCUT2D eigenvalue weighted by Crippen LogP contribution is -2.40. The van der Waals surface area contributed by atoms with E-state index in [1.54, 1.807) is 7.05 Å². The van der Waals surface area contributed by atoms with E-state index in [1.807, 2.05) is 6.92 Å². The van der Waals surface area contributed by atoms with Crippen LogP contribution < -0.4 is 5.32 Å². The smallest absolute Gasteiger partial charge is 0.306 e. The first-order valence-corrected chi connectivity index (χ1v) is 6.20. The van der Waals surface area contributed by atoms with E-state index in [4.69, 9.17) is 5.11 Å². The van der Waals surface area contributed by atoms with Crippen molar-refractivity contribution in [2.45, 2.75) is 26.2 Å². The van der Waals surface area contributed by atoms with Gasteiger partial charge in [0.2, 0.25) is 11.8 Å². The maximum Gasteiger partial charge on any atom is 0.306 e. The molecule has 2 atom stereocenters. The molecule has 0 aromatic heterocycles. The van der Waals surface area contributed by atoms with Crippen molar-refractivity contribution < 1.29 is 19.5 Å². The van der Waals surface area contributed by atoms with Crippen LogP contribution in [0.5, 0.6) is 0 Å². The highest BCUT2D eigenvalue weighted by molar-refractivity contribution is 5.86. The summed E-state index contributed by atoms with van der Waals surface area (Å²) in [5, 5.41) is 11.4. The summed E-state index contributed by atoms with van der Waals surface area (Å²) in [6, 6.07) is 0. The Labute approximate surface area is 106 Å². The number of hydrogen-bond acceptors (Lipinski definition) is 3. The fraction of sp³-hybridized carbons (Fsp3) is 0.750. The van der Waals surface area contributed by atoms with Crippen LogP contribution in [0.15, 0.2) is 0 Å². The number of carbonyl (C=O) groups excluding carboxylic acids is 2. The number of nitrogens with zero attached hydrogens (tertiary/aromatic N) is 1. The van der Waals surface area contributed by atoms with Gasteiger partial charge < -0.3 is 15.3 Å². The fourth-order valence-corrected chi connectivity index (χ4v) is 2.06. The van der Waals surface area contributed by atoms with E-state index >= 15 is 0 Å².